The molecule has 0 radical (unpaired) electrons. The van der Waals surface area contributed by atoms with Gasteiger partial charge in [0.15, 0.2) is 5.82 Å². The Bertz CT molecular complexity index is 738. The van der Waals surface area contributed by atoms with Crippen LogP contribution in [0.3, 0.4) is 0 Å². The van der Waals surface area contributed by atoms with E-state index >= 15 is 0 Å². The highest BCUT2D eigenvalue weighted by Gasteiger charge is 2.29. The number of aliphatic hydroxyl groups is 1. The molecule has 2 N–H and O–H groups in total. The van der Waals surface area contributed by atoms with Crippen LogP contribution in [0.2, 0.25) is 5.02 Å². The van der Waals surface area contributed by atoms with E-state index in [0.717, 1.165) is 49.3 Å². The van der Waals surface area contributed by atoms with Crippen molar-refractivity contribution in [2.45, 2.75) is 32.9 Å². The van der Waals surface area contributed by atoms with Crippen LogP contribution in [0.4, 0.5) is 0 Å². The third-order valence-electron chi connectivity index (χ3n) is 4.83. The van der Waals surface area contributed by atoms with E-state index in [-0.39, 0.29) is 18.5 Å². The number of aromatic nitrogens is 2. The van der Waals surface area contributed by atoms with Gasteiger partial charge in [-0.3, -0.25) is 4.79 Å². The second-order valence-corrected chi connectivity index (χ2v) is 6.93. The molecule has 1 aliphatic rings. The van der Waals surface area contributed by atoms with Crippen LogP contribution >= 0.6 is 11.6 Å². The zero-order valence-corrected chi connectivity index (χ0v) is 15.3. The quantitative estimate of drug-likeness (QED) is 0.749. The van der Waals surface area contributed by atoms with Crippen molar-refractivity contribution >= 4 is 28.6 Å². The van der Waals surface area contributed by atoms with Gasteiger partial charge in [0.2, 0.25) is 0 Å². The van der Waals surface area contributed by atoms with Crippen LogP contribution in [-0.2, 0) is 22.6 Å². The lowest BCUT2D eigenvalue weighted by Crippen LogP contribution is -3.12. The monoisotopic (exact) mass is 366 g/mol. The van der Waals surface area contributed by atoms with Gasteiger partial charge >= 0.3 is 5.97 Å². The number of piperidine rings is 1. The molecule has 0 aliphatic carbocycles. The lowest BCUT2D eigenvalue weighted by Gasteiger charge is -2.28. The zero-order chi connectivity index (χ0) is 17.8. The second-order valence-electron chi connectivity index (χ2n) is 6.49. The molecule has 0 bridgehead atoms. The molecular formula is C18H25ClN3O3+. The lowest BCUT2D eigenvalue weighted by molar-refractivity contribution is -0.920. The molecule has 7 heteroatoms. The molecule has 0 saturated carbocycles. The number of carbonyl (C=O) groups is 1. The van der Waals surface area contributed by atoms with E-state index in [9.17, 15) is 9.90 Å². The number of halogens is 1. The Morgan fingerprint density at radius 3 is 2.88 bits per heavy atom. The highest BCUT2D eigenvalue weighted by Crippen LogP contribution is 2.21. The Balaban J connectivity index is 1.71. The molecule has 136 valence electrons. The minimum Gasteiger partial charge on any atom is -0.466 e. The van der Waals surface area contributed by atoms with Gasteiger partial charge in [0.05, 0.1) is 43.3 Å². The number of rotatable bonds is 6. The minimum atomic E-state index is -0.0660. The summed E-state index contributed by atoms with van der Waals surface area (Å²) >= 11 is 6.11. The van der Waals surface area contributed by atoms with Gasteiger partial charge in [-0.1, -0.05) is 11.6 Å². The van der Waals surface area contributed by atoms with E-state index in [2.05, 4.69) is 0 Å². The van der Waals surface area contributed by atoms with Crippen molar-refractivity contribution in [1.29, 1.82) is 0 Å². The predicted octanol–water partition coefficient (Wildman–Crippen LogP) is 1.04. The van der Waals surface area contributed by atoms with Crippen LogP contribution in [0, 0.1) is 5.92 Å². The van der Waals surface area contributed by atoms with Crippen LogP contribution in [0.15, 0.2) is 18.2 Å². The maximum Gasteiger partial charge on any atom is 0.309 e. The van der Waals surface area contributed by atoms with E-state index < -0.39 is 0 Å². The first-order valence-corrected chi connectivity index (χ1v) is 9.26. The van der Waals surface area contributed by atoms with E-state index in [4.69, 9.17) is 21.3 Å². The third-order valence-corrected chi connectivity index (χ3v) is 5.07. The van der Waals surface area contributed by atoms with Gasteiger partial charge < -0.3 is 19.3 Å². The molecule has 1 aromatic carbocycles. The van der Waals surface area contributed by atoms with Crippen molar-refractivity contribution in [3.63, 3.8) is 0 Å². The van der Waals surface area contributed by atoms with Crippen molar-refractivity contribution in [3.8, 4) is 0 Å². The number of esters is 1. The van der Waals surface area contributed by atoms with Crippen molar-refractivity contribution in [2.75, 3.05) is 26.3 Å². The Labute approximate surface area is 152 Å². The Morgan fingerprint density at radius 1 is 1.44 bits per heavy atom. The van der Waals surface area contributed by atoms with Gasteiger partial charge in [-0.25, -0.2) is 4.98 Å². The van der Waals surface area contributed by atoms with Gasteiger partial charge in [0, 0.05) is 24.4 Å². The third kappa shape index (κ3) is 4.14. The number of aliphatic hydroxyl groups excluding tert-OH is 1. The van der Waals surface area contributed by atoms with Gasteiger partial charge in [-0.15, -0.1) is 0 Å². The SMILES string of the molecule is CCOC(=O)C1CC[NH+](Cc2nc3ccc(Cl)cc3n2CCO)CC1. The molecule has 2 heterocycles. The van der Waals surface area contributed by atoms with Crippen LogP contribution in [0.1, 0.15) is 25.6 Å². The maximum absolute atomic E-state index is 11.9. The topological polar surface area (TPSA) is 68.8 Å². The maximum atomic E-state index is 11.9. The fourth-order valence-corrected chi connectivity index (χ4v) is 3.72. The van der Waals surface area contributed by atoms with Crippen molar-refractivity contribution in [1.82, 2.24) is 9.55 Å². The van der Waals surface area contributed by atoms with Crippen molar-refractivity contribution < 1.29 is 19.5 Å². The highest BCUT2D eigenvalue weighted by atomic mass is 35.5. The number of carbonyl (C=O) groups excluding carboxylic acids is 1. The van der Waals surface area contributed by atoms with Crippen LogP contribution in [-0.4, -0.2) is 46.9 Å². The highest BCUT2D eigenvalue weighted by molar-refractivity contribution is 6.31. The first kappa shape index (κ1) is 18.2. The number of hydrogen-bond donors (Lipinski definition) is 2. The molecule has 2 aromatic rings. The molecule has 25 heavy (non-hydrogen) atoms. The summed E-state index contributed by atoms with van der Waals surface area (Å²) in [6.07, 6.45) is 1.69. The molecule has 6 nitrogen and oxygen atoms in total. The van der Waals surface area contributed by atoms with Gasteiger partial charge in [-0.2, -0.15) is 0 Å². The van der Waals surface area contributed by atoms with Crippen molar-refractivity contribution in [3.05, 3.63) is 29.0 Å². The number of fused-ring (bicyclic) bond motifs is 1. The molecule has 3 rings (SSSR count). The van der Waals surface area contributed by atoms with Gasteiger partial charge in [0.25, 0.3) is 0 Å². The lowest BCUT2D eigenvalue weighted by atomic mass is 9.97. The van der Waals surface area contributed by atoms with E-state index in [1.807, 2.05) is 29.7 Å². The largest absolute Gasteiger partial charge is 0.466 e. The van der Waals surface area contributed by atoms with Crippen LogP contribution in [0.25, 0.3) is 11.0 Å². The molecule has 1 aliphatic heterocycles. The molecule has 0 unspecified atom stereocenters. The first-order valence-electron chi connectivity index (χ1n) is 8.88. The Hall–Kier alpha value is -1.63. The number of likely N-dealkylation sites (tertiary alicyclic amines) is 1. The number of quaternary nitrogens is 1. The summed E-state index contributed by atoms with van der Waals surface area (Å²) in [7, 11) is 0. The molecular weight excluding hydrogens is 342 g/mol. The molecule has 1 aromatic heterocycles. The average molecular weight is 367 g/mol. The summed E-state index contributed by atoms with van der Waals surface area (Å²) in [5, 5.41) is 10.1. The fourth-order valence-electron chi connectivity index (χ4n) is 3.55. The normalized spacial score (nSPS) is 20.8. The first-order chi connectivity index (χ1) is 12.1. The Kier molecular flexibility index (Phi) is 5.93. The summed E-state index contributed by atoms with van der Waals surface area (Å²) in [6.45, 7) is 5.48. The number of imidazole rings is 1. The molecule has 0 spiro atoms. The van der Waals surface area contributed by atoms with Crippen molar-refractivity contribution in [2.24, 2.45) is 5.92 Å². The molecule has 1 saturated heterocycles. The average Bonchev–Trinajstić information content (AvgIpc) is 2.93. The summed E-state index contributed by atoms with van der Waals surface area (Å²) in [4.78, 5) is 18.0. The standard InChI is InChI=1S/C18H24ClN3O3/c1-2-25-18(24)13-5-7-21(8-6-13)12-17-20-15-4-3-14(19)11-16(15)22(17)9-10-23/h3-4,11,13,23H,2,5-10,12H2,1H3/p+1. The fraction of sp³-hybridized carbons (Fsp3) is 0.556. The van der Waals surface area contributed by atoms with Crippen LogP contribution in [0.5, 0.6) is 0 Å². The number of nitrogens with zero attached hydrogens (tertiary/aromatic N) is 2. The number of ether oxygens (including phenoxy) is 1. The van der Waals surface area contributed by atoms with E-state index in [0.29, 0.717) is 18.2 Å². The minimum absolute atomic E-state index is 0.0266. The second kappa shape index (κ2) is 8.17. The molecule has 0 atom stereocenters. The summed E-state index contributed by atoms with van der Waals surface area (Å²) in [5.74, 6) is 0.915. The molecule has 1 fully saturated rings. The zero-order valence-electron chi connectivity index (χ0n) is 14.5. The predicted molar refractivity (Wildman–Crippen MR) is 95.6 cm³/mol. The van der Waals surface area contributed by atoms with Gasteiger partial charge in [-0.05, 0) is 25.1 Å². The van der Waals surface area contributed by atoms with Crippen LogP contribution < -0.4 is 4.90 Å². The number of nitrogens with one attached hydrogen (secondary N) is 1. The number of benzene rings is 1. The smallest absolute Gasteiger partial charge is 0.309 e. The Morgan fingerprint density at radius 2 is 2.20 bits per heavy atom. The number of hydrogen-bond acceptors (Lipinski definition) is 4. The summed E-state index contributed by atoms with van der Waals surface area (Å²) in [5.41, 5.74) is 1.85. The van der Waals surface area contributed by atoms with Gasteiger partial charge in [0.1, 0.15) is 6.54 Å². The summed E-state index contributed by atoms with van der Waals surface area (Å²) < 4.78 is 7.18. The van der Waals surface area contributed by atoms with E-state index in [1.54, 1.807) is 0 Å². The van der Waals surface area contributed by atoms with E-state index in [1.165, 1.54) is 4.90 Å². The molecule has 0 amide bonds. The summed E-state index contributed by atoms with van der Waals surface area (Å²) in [6, 6.07) is 5.64.